The lowest BCUT2D eigenvalue weighted by molar-refractivity contribution is 0.128. The number of ether oxygens (including phenoxy) is 1. The standard InChI is InChI=1S/C19H22F2N4O3S/c1-23-12-15(11-22-23)29(26,27)25-9-5-14(6-10-25)28-18-4-2-3-17-16(18)7-8-24(17)13-19(20)21/h2-4,7-8,11-12,14,19H,5-6,9-10,13H2,1H3. The maximum Gasteiger partial charge on any atom is 0.256 e. The van der Waals surface area contributed by atoms with Gasteiger partial charge in [0.25, 0.3) is 6.43 Å². The zero-order valence-corrected chi connectivity index (χ0v) is 16.7. The molecule has 0 saturated carbocycles. The Kier molecular flexibility index (Phi) is 5.30. The highest BCUT2D eigenvalue weighted by molar-refractivity contribution is 7.89. The fourth-order valence-corrected chi connectivity index (χ4v) is 5.11. The molecule has 0 N–H and O–H groups in total. The highest BCUT2D eigenvalue weighted by atomic mass is 32.2. The highest BCUT2D eigenvalue weighted by Gasteiger charge is 2.31. The summed E-state index contributed by atoms with van der Waals surface area (Å²) >= 11 is 0. The van der Waals surface area contributed by atoms with Gasteiger partial charge in [0.2, 0.25) is 10.0 Å². The number of halogens is 2. The van der Waals surface area contributed by atoms with E-state index >= 15 is 0 Å². The molecular weight excluding hydrogens is 402 g/mol. The summed E-state index contributed by atoms with van der Waals surface area (Å²) < 4.78 is 61.4. The maximum absolute atomic E-state index is 12.7. The van der Waals surface area contributed by atoms with Crippen molar-refractivity contribution in [3.63, 3.8) is 0 Å². The Morgan fingerprint density at radius 2 is 2.00 bits per heavy atom. The van der Waals surface area contributed by atoms with Crippen molar-refractivity contribution in [1.82, 2.24) is 18.7 Å². The fraction of sp³-hybridized carbons (Fsp3) is 0.421. The zero-order chi connectivity index (χ0) is 20.6. The molecule has 7 nitrogen and oxygen atoms in total. The lowest BCUT2D eigenvalue weighted by Crippen LogP contribution is -2.41. The molecule has 0 spiro atoms. The summed E-state index contributed by atoms with van der Waals surface area (Å²) in [7, 11) is -1.89. The Labute approximate surface area is 167 Å². The average molecular weight is 424 g/mol. The molecule has 156 valence electrons. The largest absolute Gasteiger partial charge is 0.490 e. The van der Waals surface area contributed by atoms with Crippen molar-refractivity contribution in [3.8, 4) is 5.75 Å². The number of sulfonamides is 1. The van der Waals surface area contributed by atoms with Crippen molar-refractivity contribution >= 4 is 20.9 Å². The predicted octanol–water partition coefficient (Wildman–Crippen LogP) is 2.87. The molecule has 10 heteroatoms. The first-order valence-corrected chi connectivity index (χ1v) is 10.8. The number of nitrogens with zero attached hydrogens (tertiary/aromatic N) is 4. The topological polar surface area (TPSA) is 69.4 Å². The second-order valence-electron chi connectivity index (χ2n) is 7.12. The van der Waals surface area contributed by atoms with Crippen LogP contribution >= 0.6 is 0 Å². The quantitative estimate of drug-likeness (QED) is 0.610. The van der Waals surface area contributed by atoms with E-state index < -0.39 is 16.4 Å². The molecule has 4 rings (SSSR count). The molecule has 3 aromatic rings. The molecule has 29 heavy (non-hydrogen) atoms. The van der Waals surface area contributed by atoms with Gasteiger partial charge in [0, 0.05) is 37.9 Å². The van der Waals surface area contributed by atoms with Gasteiger partial charge in [-0.15, -0.1) is 0 Å². The number of piperidine rings is 1. The van der Waals surface area contributed by atoms with Gasteiger partial charge in [0.1, 0.15) is 16.7 Å². The van der Waals surface area contributed by atoms with Crippen LogP contribution in [0.15, 0.2) is 47.8 Å². The van der Waals surface area contributed by atoms with E-state index in [9.17, 15) is 17.2 Å². The molecule has 0 amide bonds. The van der Waals surface area contributed by atoms with Gasteiger partial charge < -0.3 is 9.30 Å². The third kappa shape index (κ3) is 3.99. The predicted molar refractivity (Wildman–Crippen MR) is 104 cm³/mol. The third-order valence-electron chi connectivity index (χ3n) is 5.12. The van der Waals surface area contributed by atoms with Crippen molar-refractivity contribution in [2.75, 3.05) is 13.1 Å². The Hall–Kier alpha value is -2.46. The first-order valence-electron chi connectivity index (χ1n) is 9.36. The normalized spacial score (nSPS) is 16.7. The molecule has 0 aliphatic carbocycles. The second-order valence-corrected chi connectivity index (χ2v) is 9.06. The molecule has 1 saturated heterocycles. The van der Waals surface area contributed by atoms with Crippen LogP contribution in [0.25, 0.3) is 10.9 Å². The van der Waals surface area contributed by atoms with Crippen molar-refractivity contribution in [3.05, 3.63) is 42.9 Å². The van der Waals surface area contributed by atoms with Crippen LogP contribution in [0.4, 0.5) is 8.78 Å². The number of aryl methyl sites for hydroxylation is 1. The summed E-state index contributed by atoms with van der Waals surface area (Å²) in [5.41, 5.74) is 0.694. The van der Waals surface area contributed by atoms with E-state index in [0.717, 1.165) is 5.39 Å². The van der Waals surface area contributed by atoms with Crippen molar-refractivity contribution in [2.45, 2.75) is 36.8 Å². The van der Waals surface area contributed by atoms with Crippen molar-refractivity contribution in [1.29, 1.82) is 0 Å². The molecular formula is C19H22F2N4O3S. The SMILES string of the molecule is Cn1cc(S(=O)(=O)N2CCC(Oc3cccc4c3ccn4CC(F)F)CC2)cn1. The van der Waals surface area contributed by atoms with E-state index in [1.54, 1.807) is 31.4 Å². The average Bonchev–Trinajstić information content (AvgIpc) is 3.30. The third-order valence-corrected chi connectivity index (χ3v) is 6.97. The van der Waals surface area contributed by atoms with Gasteiger partial charge in [-0.2, -0.15) is 9.40 Å². The van der Waals surface area contributed by atoms with E-state index in [1.807, 2.05) is 6.07 Å². The molecule has 1 aromatic carbocycles. The smallest absolute Gasteiger partial charge is 0.256 e. The van der Waals surface area contributed by atoms with Crippen LogP contribution in [0, 0.1) is 0 Å². The number of hydrogen-bond acceptors (Lipinski definition) is 4. The Morgan fingerprint density at radius 3 is 2.66 bits per heavy atom. The summed E-state index contributed by atoms with van der Waals surface area (Å²) in [6, 6.07) is 7.15. The summed E-state index contributed by atoms with van der Waals surface area (Å²) in [4.78, 5) is 0.185. The van der Waals surface area contributed by atoms with E-state index in [4.69, 9.17) is 4.74 Å². The minimum atomic E-state index is -3.56. The minimum absolute atomic E-state index is 0.139. The number of alkyl halides is 2. The molecule has 0 bridgehead atoms. The zero-order valence-electron chi connectivity index (χ0n) is 15.9. The van der Waals surface area contributed by atoms with Crippen LogP contribution in [0.2, 0.25) is 0 Å². The number of rotatable bonds is 6. The first kappa shape index (κ1) is 19.8. The van der Waals surface area contributed by atoms with Crippen LogP contribution in [-0.4, -0.2) is 52.7 Å². The molecule has 1 aliphatic heterocycles. The van der Waals surface area contributed by atoms with Crippen LogP contribution in [0.3, 0.4) is 0 Å². The van der Waals surface area contributed by atoms with Gasteiger partial charge in [0.15, 0.2) is 0 Å². The lowest BCUT2D eigenvalue weighted by atomic mass is 10.1. The monoisotopic (exact) mass is 424 g/mol. The summed E-state index contributed by atoms with van der Waals surface area (Å²) in [6.07, 6.45) is 3.00. The highest BCUT2D eigenvalue weighted by Crippen LogP contribution is 2.30. The van der Waals surface area contributed by atoms with Gasteiger partial charge in [-0.25, -0.2) is 17.2 Å². The van der Waals surface area contributed by atoms with Crippen molar-refractivity contribution in [2.24, 2.45) is 7.05 Å². The van der Waals surface area contributed by atoms with Crippen LogP contribution in [-0.2, 0) is 23.6 Å². The molecule has 0 unspecified atom stereocenters. The van der Waals surface area contributed by atoms with E-state index in [1.165, 1.54) is 25.9 Å². The van der Waals surface area contributed by atoms with Crippen molar-refractivity contribution < 1.29 is 21.9 Å². The maximum atomic E-state index is 12.7. The number of aromatic nitrogens is 3. The van der Waals surface area contributed by atoms with E-state index in [0.29, 0.717) is 37.2 Å². The molecule has 1 aliphatic rings. The van der Waals surface area contributed by atoms with Gasteiger partial charge in [-0.1, -0.05) is 6.07 Å². The lowest BCUT2D eigenvalue weighted by Gasteiger charge is -2.31. The molecule has 1 fully saturated rings. The second kappa shape index (κ2) is 7.75. The minimum Gasteiger partial charge on any atom is -0.490 e. The molecule has 2 aromatic heterocycles. The summed E-state index contributed by atoms with van der Waals surface area (Å²) in [5, 5.41) is 4.71. The van der Waals surface area contributed by atoms with E-state index in [-0.39, 0.29) is 17.5 Å². The number of benzene rings is 1. The Morgan fingerprint density at radius 1 is 1.24 bits per heavy atom. The Bertz CT molecular complexity index is 1100. The molecule has 0 atom stereocenters. The number of hydrogen-bond donors (Lipinski definition) is 0. The Balaban J connectivity index is 1.44. The van der Waals surface area contributed by atoms with Gasteiger partial charge in [-0.05, 0) is 31.0 Å². The summed E-state index contributed by atoms with van der Waals surface area (Å²) in [6.45, 7) is 0.339. The van der Waals surface area contributed by atoms with Crippen LogP contribution in [0.5, 0.6) is 5.75 Å². The number of fused-ring (bicyclic) bond motifs is 1. The fourth-order valence-electron chi connectivity index (χ4n) is 3.66. The van der Waals surface area contributed by atoms with E-state index in [2.05, 4.69) is 5.10 Å². The van der Waals surface area contributed by atoms with Gasteiger partial charge >= 0.3 is 0 Å². The molecule has 0 radical (unpaired) electrons. The summed E-state index contributed by atoms with van der Waals surface area (Å²) in [5.74, 6) is 0.629. The van der Waals surface area contributed by atoms with Gasteiger partial charge in [0.05, 0.1) is 18.3 Å². The van der Waals surface area contributed by atoms with Gasteiger partial charge in [-0.3, -0.25) is 4.68 Å². The first-order chi connectivity index (χ1) is 13.8. The van der Waals surface area contributed by atoms with Crippen LogP contribution in [0.1, 0.15) is 12.8 Å². The molecule has 3 heterocycles. The van der Waals surface area contributed by atoms with Crippen LogP contribution < -0.4 is 4.74 Å².